The zero-order valence-corrected chi connectivity index (χ0v) is 18.0. The minimum atomic E-state index is -1.08. The lowest BCUT2D eigenvalue weighted by Crippen LogP contribution is -2.59. The fourth-order valence-electron chi connectivity index (χ4n) is 4.46. The van der Waals surface area contributed by atoms with Crippen LogP contribution in [0.25, 0.3) is 0 Å². The third-order valence-electron chi connectivity index (χ3n) is 5.92. The van der Waals surface area contributed by atoms with Gasteiger partial charge in [0.2, 0.25) is 0 Å². The van der Waals surface area contributed by atoms with Gasteiger partial charge in [-0.3, -0.25) is 0 Å². The van der Waals surface area contributed by atoms with E-state index in [1.54, 1.807) is 0 Å². The number of hydrogen-bond donors (Lipinski definition) is 0. The molecule has 0 aromatic carbocycles. The molecule has 150 valence electrons. The molecule has 0 aliphatic carbocycles. The Hall–Kier alpha value is 0.690. The normalized spacial score (nSPS) is 39.5. The van der Waals surface area contributed by atoms with Gasteiger partial charge in [-0.05, 0) is 38.5 Å². The molecule has 0 N–H and O–H groups in total. The molecule has 4 aliphatic rings. The van der Waals surface area contributed by atoms with Gasteiger partial charge in [0.25, 0.3) is 0 Å². The first-order valence-corrected chi connectivity index (χ1v) is 13.6. The van der Waals surface area contributed by atoms with Crippen LogP contribution in [-0.4, -0.2) is 86.4 Å². The number of ether oxygens (including phenoxy) is 2. The molecule has 0 aromatic heterocycles. The predicted molar refractivity (Wildman–Crippen MR) is 111 cm³/mol. The Morgan fingerprint density at radius 3 is 1.69 bits per heavy atom. The monoisotopic (exact) mass is 420 g/mol. The highest BCUT2D eigenvalue weighted by Gasteiger charge is 2.41. The summed E-state index contributed by atoms with van der Waals surface area (Å²) in [6.45, 7) is 3.55. The summed E-state index contributed by atoms with van der Waals surface area (Å²) in [6.07, 6.45) is 7.56. The second kappa shape index (κ2) is 9.94. The second-order valence-electron chi connectivity index (χ2n) is 7.61. The molecular formula is C18H32N2O3S3. The summed E-state index contributed by atoms with van der Waals surface area (Å²) in [7, 11) is 0. The van der Waals surface area contributed by atoms with Crippen molar-refractivity contribution in [1.29, 1.82) is 0 Å². The first-order chi connectivity index (χ1) is 12.8. The van der Waals surface area contributed by atoms with Gasteiger partial charge < -0.3 is 9.47 Å². The molecule has 0 bridgehead atoms. The number of nitrogens with zero attached hydrogens (tertiary/aromatic N) is 2. The van der Waals surface area contributed by atoms with Gasteiger partial charge in [0, 0.05) is 49.3 Å². The SMILES string of the molecule is O=S(N1CCSCC1C1CCCCO1)N1CCSCC1C1CCCCO1. The van der Waals surface area contributed by atoms with E-state index in [0.717, 1.165) is 62.2 Å². The molecule has 4 unspecified atom stereocenters. The Morgan fingerprint density at radius 1 is 0.769 bits per heavy atom. The Labute approximate surface area is 169 Å². The van der Waals surface area contributed by atoms with E-state index < -0.39 is 11.2 Å². The zero-order valence-electron chi connectivity index (χ0n) is 15.6. The molecule has 0 saturated carbocycles. The van der Waals surface area contributed by atoms with Crippen LogP contribution in [0, 0.1) is 0 Å². The molecule has 4 saturated heterocycles. The van der Waals surface area contributed by atoms with Crippen LogP contribution in [0.2, 0.25) is 0 Å². The van der Waals surface area contributed by atoms with Crippen molar-refractivity contribution in [2.75, 3.05) is 49.3 Å². The highest BCUT2D eigenvalue weighted by Crippen LogP contribution is 2.32. The van der Waals surface area contributed by atoms with E-state index >= 15 is 0 Å². The van der Waals surface area contributed by atoms with E-state index in [1.165, 1.54) is 25.7 Å². The predicted octanol–water partition coefficient (Wildman–Crippen LogP) is 2.54. The van der Waals surface area contributed by atoms with Crippen LogP contribution in [0.4, 0.5) is 0 Å². The maximum atomic E-state index is 13.7. The van der Waals surface area contributed by atoms with Gasteiger partial charge >= 0.3 is 0 Å². The maximum Gasteiger partial charge on any atom is 0.173 e. The van der Waals surface area contributed by atoms with Gasteiger partial charge in [-0.25, -0.2) is 12.8 Å². The summed E-state index contributed by atoms with van der Waals surface area (Å²) in [6, 6.07) is 0.578. The highest BCUT2D eigenvalue weighted by atomic mass is 32.2. The Morgan fingerprint density at radius 2 is 1.27 bits per heavy atom. The second-order valence-corrected chi connectivity index (χ2v) is 11.3. The third kappa shape index (κ3) is 4.63. The van der Waals surface area contributed by atoms with E-state index in [4.69, 9.17) is 9.47 Å². The molecule has 4 aliphatic heterocycles. The lowest BCUT2D eigenvalue weighted by molar-refractivity contribution is -0.0249. The van der Waals surface area contributed by atoms with Gasteiger partial charge in [0.15, 0.2) is 11.2 Å². The fourth-order valence-corrected chi connectivity index (χ4v) is 8.79. The van der Waals surface area contributed by atoms with Crippen LogP contribution < -0.4 is 0 Å². The lowest BCUT2D eigenvalue weighted by atomic mass is 10.0. The summed E-state index contributed by atoms with van der Waals surface area (Å²) in [5.41, 5.74) is 0. The molecule has 0 radical (unpaired) electrons. The Bertz CT molecular complexity index is 433. The van der Waals surface area contributed by atoms with Gasteiger partial charge in [0.05, 0.1) is 24.3 Å². The van der Waals surface area contributed by atoms with Crippen molar-refractivity contribution in [3.8, 4) is 0 Å². The average Bonchev–Trinajstić information content (AvgIpc) is 2.74. The fraction of sp³-hybridized carbons (Fsp3) is 1.00. The Balaban J connectivity index is 1.47. The molecule has 4 atom stereocenters. The quantitative estimate of drug-likeness (QED) is 0.699. The summed E-state index contributed by atoms with van der Waals surface area (Å²) in [4.78, 5) is 0. The van der Waals surface area contributed by atoms with E-state index in [9.17, 15) is 4.21 Å². The van der Waals surface area contributed by atoms with Crippen LogP contribution in [0.1, 0.15) is 38.5 Å². The first-order valence-electron chi connectivity index (χ1n) is 10.2. The van der Waals surface area contributed by atoms with Crippen LogP contribution in [-0.2, 0) is 20.6 Å². The smallest absolute Gasteiger partial charge is 0.173 e. The summed E-state index contributed by atoms with van der Waals surface area (Å²) < 4.78 is 30.4. The summed E-state index contributed by atoms with van der Waals surface area (Å²) >= 11 is 2.90. The molecule has 4 rings (SSSR count). The number of hydrogen-bond acceptors (Lipinski definition) is 5. The topological polar surface area (TPSA) is 42.0 Å². The Kier molecular flexibility index (Phi) is 7.64. The molecule has 26 heavy (non-hydrogen) atoms. The highest BCUT2D eigenvalue weighted by molar-refractivity contribution is 7.99. The minimum absolute atomic E-state index is 0.254. The van der Waals surface area contributed by atoms with Gasteiger partial charge in [-0.1, -0.05) is 0 Å². The minimum Gasteiger partial charge on any atom is -0.377 e. The van der Waals surface area contributed by atoms with E-state index in [2.05, 4.69) is 8.61 Å². The van der Waals surface area contributed by atoms with Crippen LogP contribution in [0.15, 0.2) is 0 Å². The van der Waals surface area contributed by atoms with Crippen LogP contribution in [0.5, 0.6) is 0 Å². The van der Waals surface area contributed by atoms with Gasteiger partial charge in [-0.15, -0.1) is 0 Å². The van der Waals surface area contributed by atoms with Crippen molar-refractivity contribution in [2.45, 2.75) is 62.8 Å². The number of thioether (sulfide) groups is 2. The first kappa shape index (κ1) is 20.0. The molecule has 0 amide bonds. The van der Waals surface area contributed by atoms with Crippen molar-refractivity contribution in [3.05, 3.63) is 0 Å². The number of rotatable bonds is 4. The molecule has 5 nitrogen and oxygen atoms in total. The van der Waals surface area contributed by atoms with Gasteiger partial charge in [0.1, 0.15) is 0 Å². The summed E-state index contributed by atoms with van der Waals surface area (Å²) in [5, 5.41) is 0. The van der Waals surface area contributed by atoms with Crippen molar-refractivity contribution in [3.63, 3.8) is 0 Å². The molecule has 0 spiro atoms. The van der Waals surface area contributed by atoms with Gasteiger partial charge in [-0.2, -0.15) is 23.5 Å². The van der Waals surface area contributed by atoms with E-state index in [-0.39, 0.29) is 24.3 Å². The third-order valence-corrected chi connectivity index (χ3v) is 9.72. The standard InChI is InChI=1S/C18H32N2O3S3/c21-26(19-7-11-24-13-15(19)17-5-1-3-9-22-17)20-8-12-25-14-16(20)18-6-2-4-10-23-18/h15-18H,1-14H2. The largest absolute Gasteiger partial charge is 0.377 e. The molecule has 8 heteroatoms. The molecule has 4 heterocycles. The molecule has 4 fully saturated rings. The van der Waals surface area contributed by atoms with E-state index in [0.29, 0.717) is 0 Å². The maximum absolute atomic E-state index is 13.7. The lowest BCUT2D eigenvalue weighted by Gasteiger charge is -2.45. The van der Waals surface area contributed by atoms with Crippen molar-refractivity contribution >= 4 is 34.7 Å². The van der Waals surface area contributed by atoms with Crippen LogP contribution in [0.3, 0.4) is 0 Å². The van der Waals surface area contributed by atoms with Crippen molar-refractivity contribution in [1.82, 2.24) is 8.61 Å². The van der Waals surface area contributed by atoms with Crippen molar-refractivity contribution in [2.24, 2.45) is 0 Å². The van der Waals surface area contributed by atoms with E-state index in [1.807, 2.05) is 23.5 Å². The zero-order chi connectivity index (χ0) is 17.8. The average molecular weight is 421 g/mol. The van der Waals surface area contributed by atoms with Crippen LogP contribution >= 0.6 is 23.5 Å². The molecule has 0 aromatic rings. The molecular weight excluding hydrogens is 388 g/mol. The summed E-state index contributed by atoms with van der Waals surface area (Å²) in [5.74, 6) is 4.23. The van der Waals surface area contributed by atoms with Crippen molar-refractivity contribution < 1.29 is 13.7 Å².